The lowest BCUT2D eigenvalue weighted by Gasteiger charge is -2.27. The van der Waals surface area contributed by atoms with Gasteiger partial charge in [0.15, 0.2) is 5.69 Å². The summed E-state index contributed by atoms with van der Waals surface area (Å²) in [6.07, 6.45) is 0.521. The summed E-state index contributed by atoms with van der Waals surface area (Å²) in [5, 5.41) is 0. The topological polar surface area (TPSA) is 131 Å². The number of amides is 2. The molecule has 0 saturated carbocycles. The molecule has 2 amide bonds. The summed E-state index contributed by atoms with van der Waals surface area (Å²) >= 11 is 0. The van der Waals surface area contributed by atoms with Gasteiger partial charge in [-0.3, -0.25) is 23.9 Å². The van der Waals surface area contributed by atoms with Gasteiger partial charge in [0.05, 0.1) is 12.5 Å². The molecule has 3 N–H and O–H groups in total. The van der Waals surface area contributed by atoms with Gasteiger partial charge >= 0.3 is 5.69 Å². The third kappa shape index (κ3) is 5.33. The Morgan fingerprint density at radius 2 is 1.94 bits per heavy atom. The zero-order valence-corrected chi connectivity index (χ0v) is 19.2. The zero-order valence-electron chi connectivity index (χ0n) is 19.2. The Balaban J connectivity index is 2.01. The molecule has 10 heteroatoms. The van der Waals surface area contributed by atoms with Crippen molar-refractivity contribution in [3.63, 3.8) is 0 Å². The Labute approximate surface area is 191 Å². The molecule has 0 radical (unpaired) electrons. The van der Waals surface area contributed by atoms with E-state index < -0.39 is 17.2 Å². The smallest absolute Gasteiger partial charge is 0.330 e. The molecule has 2 heterocycles. The third-order valence-electron chi connectivity index (χ3n) is 5.79. The molecule has 1 aromatic heterocycles. The molecule has 1 fully saturated rings. The number of ether oxygens (including phenoxy) is 1. The highest BCUT2D eigenvalue weighted by Gasteiger charge is 2.39. The number of anilines is 2. The van der Waals surface area contributed by atoms with Crippen LogP contribution in [-0.2, 0) is 20.9 Å². The number of nitrogens with one attached hydrogen (secondary N) is 1. The summed E-state index contributed by atoms with van der Waals surface area (Å²) in [4.78, 5) is 56.5. The van der Waals surface area contributed by atoms with E-state index in [1.165, 1.54) is 9.47 Å². The molecule has 0 spiro atoms. The van der Waals surface area contributed by atoms with Gasteiger partial charge in [-0.25, -0.2) is 4.79 Å². The van der Waals surface area contributed by atoms with Gasteiger partial charge in [-0.15, -0.1) is 0 Å². The van der Waals surface area contributed by atoms with Gasteiger partial charge < -0.3 is 20.3 Å². The van der Waals surface area contributed by atoms with Crippen LogP contribution in [0.15, 0.2) is 39.9 Å². The van der Waals surface area contributed by atoms with Crippen LogP contribution in [0.4, 0.5) is 11.5 Å². The van der Waals surface area contributed by atoms with Crippen LogP contribution in [0.2, 0.25) is 0 Å². The molecule has 178 valence electrons. The van der Waals surface area contributed by atoms with E-state index in [4.69, 9.17) is 10.5 Å². The van der Waals surface area contributed by atoms with Crippen molar-refractivity contribution in [1.82, 2.24) is 14.5 Å². The maximum atomic E-state index is 13.5. The third-order valence-corrected chi connectivity index (χ3v) is 5.79. The summed E-state index contributed by atoms with van der Waals surface area (Å²) < 4.78 is 6.35. The normalized spacial score (nSPS) is 15.9. The predicted octanol–water partition coefficient (Wildman–Crippen LogP) is 0.794. The Morgan fingerprint density at radius 1 is 1.24 bits per heavy atom. The van der Waals surface area contributed by atoms with E-state index in [9.17, 15) is 19.2 Å². The van der Waals surface area contributed by atoms with Crippen LogP contribution in [0.1, 0.15) is 32.3 Å². The minimum Gasteiger partial charge on any atom is -0.385 e. The number of aromatic nitrogens is 2. The largest absolute Gasteiger partial charge is 0.385 e. The van der Waals surface area contributed by atoms with Crippen LogP contribution >= 0.6 is 0 Å². The van der Waals surface area contributed by atoms with Crippen molar-refractivity contribution < 1.29 is 14.3 Å². The highest BCUT2D eigenvalue weighted by Crippen LogP contribution is 2.26. The van der Waals surface area contributed by atoms with Crippen LogP contribution < -0.4 is 21.9 Å². The number of nitrogens with zero attached hydrogens (tertiary/aromatic N) is 3. The first-order valence-electron chi connectivity index (χ1n) is 11.0. The van der Waals surface area contributed by atoms with Crippen LogP contribution in [0.5, 0.6) is 0 Å². The standard InChI is InChI=1S/C23H31N5O5/c1-15(2)27-14-17(12-18(27)29)22(31)26(10-7-11-33-3)19-20(24)28(23(32)25-21(19)30)13-16-8-5-4-6-9-16/h4-6,8-9,15,17H,7,10-14,24H2,1-3H3,(H,25,30,32). The average Bonchev–Trinajstić information content (AvgIpc) is 3.18. The fourth-order valence-electron chi connectivity index (χ4n) is 4.08. The number of hydrogen-bond donors (Lipinski definition) is 2. The van der Waals surface area contributed by atoms with Gasteiger partial charge in [0.25, 0.3) is 5.56 Å². The second kappa shape index (κ2) is 10.5. The van der Waals surface area contributed by atoms with E-state index in [0.29, 0.717) is 13.0 Å². The summed E-state index contributed by atoms with van der Waals surface area (Å²) in [5.74, 6) is -1.17. The highest BCUT2D eigenvalue weighted by atomic mass is 16.5. The Kier molecular flexibility index (Phi) is 7.70. The van der Waals surface area contributed by atoms with E-state index in [-0.39, 0.29) is 55.4 Å². The second-order valence-electron chi connectivity index (χ2n) is 8.44. The lowest BCUT2D eigenvalue weighted by atomic mass is 10.1. The van der Waals surface area contributed by atoms with Crippen molar-refractivity contribution in [2.24, 2.45) is 5.92 Å². The minimum atomic E-state index is -0.738. The number of aromatic amines is 1. The van der Waals surface area contributed by atoms with E-state index in [0.717, 1.165) is 5.56 Å². The molecular formula is C23H31N5O5. The van der Waals surface area contributed by atoms with Crippen LogP contribution in [0, 0.1) is 5.92 Å². The maximum absolute atomic E-state index is 13.5. The molecule has 1 aliphatic rings. The zero-order chi connectivity index (χ0) is 24.1. The quantitative estimate of drug-likeness (QED) is 0.536. The highest BCUT2D eigenvalue weighted by molar-refractivity contribution is 6.00. The first-order chi connectivity index (χ1) is 15.7. The number of hydrogen-bond acceptors (Lipinski definition) is 6. The van der Waals surface area contributed by atoms with Crippen molar-refractivity contribution in [2.45, 2.75) is 39.3 Å². The Bertz CT molecular complexity index is 1110. The summed E-state index contributed by atoms with van der Waals surface area (Å²) in [7, 11) is 1.55. The Hall–Kier alpha value is -3.40. The molecule has 1 saturated heterocycles. The van der Waals surface area contributed by atoms with E-state index >= 15 is 0 Å². The maximum Gasteiger partial charge on any atom is 0.330 e. The van der Waals surface area contributed by atoms with Gasteiger partial charge in [0, 0.05) is 39.3 Å². The SMILES string of the molecule is COCCCN(C(=O)C1CC(=O)N(C(C)C)C1)c1c(N)n(Cc2ccccc2)c(=O)[nH]c1=O. The lowest BCUT2D eigenvalue weighted by molar-refractivity contribution is -0.129. The molecule has 1 unspecified atom stereocenters. The number of carbonyl (C=O) groups is 2. The first-order valence-corrected chi connectivity index (χ1v) is 11.0. The number of likely N-dealkylation sites (tertiary alicyclic amines) is 1. The summed E-state index contributed by atoms with van der Waals surface area (Å²) in [5.41, 5.74) is 5.66. The summed E-state index contributed by atoms with van der Waals surface area (Å²) in [6.45, 7) is 4.73. The monoisotopic (exact) mass is 457 g/mol. The lowest BCUT2D eigenvalue weighted by Crippen LogP contribution is -2.45. The fraction of sp³-hybridized carbons (Fsp3) is 0.478. The van der Waals surface area contributed by atoms with E-state index in [1.807, 2.05) is 44.2 Å². The molecular weight excluding hydrogens is 426 g/mol. The minimum absolute atomic E-state index is 0.0292. The first kappa shape index (κ1) is 24.2. The second-order valence-corrected chi connectivity index (χ2v) is 8.44. The molecule has 0 aliphatic carbocycles. The van der Waals surface area contributed by atoms with Crippen LogP contribution in [0.3, 0.4) is 0 Å². The van der Waals surface area contributed by atoms with Crippen molar-refractivity contribution in [3.8, 4) is 0 Å². The van der Waals surface area contributed by atoms with Crippen LogP contribution in [-0.4, -0.2) is 59.1 Å². The van der Waals surface area contributed by atoms with Crippen molar-refractivity contribution in [3.05, 3.63) is 56.7 Å². The number of rotatable bonds is 9. The van der Waals surface area contributed by atoms with Gasteiger partial charge in [0.1, 0.15) is 5.82 Å². The van der Waals surface area contributed by atoms with Crippen molar-refractivity contribution in [1.29, 1.82) is 0 Å². The molecule has 1 atom stereocenters. The molecule has 2 aromatic rings. The Morgan fingerprint density at radius 3 is 2.55 bits per heavy atom. The molecule has 1 aromatic carbocycles. The number of benzene rings is 1. The number of methoxy groups -OCH3 is 1. The average molecular weight is 458 g/mol. The number of H-pyrrole nitrogens is 1. The fourth-order valence-corrected chi connectivity index (χ4v) is 4.08. The van der Waals surface area contributed by atoms with Crippen molar-refractivity contribution >= 4 is 23.3 Å². The van der Waals surface area contributed by atoms with E-state index in [2.05, 4.69) is 4.98 Å². The number of carbonyl (C=O) groups excluding carboxylic acids is 2. The molecule has 0 bridgehead atoms. The van der Waals surface area contributed by atoms with Gasteiger partial charge in [-0.05, 0) is 25.8 Å². The molecule has 10 nitrogen and oxygen atoms in total. The predicted molar refractivity (Wildman–Crippen MR) is 125 cm³/mol. The summed E-state index contributed by atoms with van der Waals surface area (Å²) in [6, 6.07) is 9.17. The number of nitrogen functional groups attached to an aromatic ring is 1. The van der Waals surface area contributed by atoms with Gasteiger partial charge in [-0.1, -0.05) is 30.3 Å². The van der Waals surface area contributed by atoms with E-state index in [1.54, 1.807) is 12.0 Å². The number of nitrogens with two attached hydrogens (primary N) is 1. The van der Waals surface area contributed by atoms with Crippen LogP contribution in [0.25, 0.3) is 0 Å². The van der Waals surface area contributed by atoms with Gasteiger partial charge in [0.2, 0.25) is 11.8 Å². The van der Waals surface area contributed by atoms with Crippen molar-refractivity contribution in [2.75, 3.05) is 37.4 Å². The molecule has 3 rings (SSSR count). The molecule has 1 aliphatic heterocycles. The van der Waals surface area contributed by atoms with Gasteiger partial charge in [-0.2, -0.15) is 0 Å². The molecule has 33 heavy (non-hydrogen) atoms.